The van der Waals surface area contributed by atoms with Crippen LogP contribution >= 0.6 is 0 Å². The number of ether oxygens (including phenoxy) is 1. The quantitative estimate of drug-likeness (QED) is 0.668. The number of hydrogen-bond donors (Lipinski definition) is 1. The van der Waals surface area contributed by atoms with Gasteiger partial charge in [0.25, 0.3) is 0 Å². The lowest BCUT2D eigenvalue weighted by atomic mass is 9.87. The molecule has 0 amide bonds. The average Bonchev–Trinajstić information content (AvgIpc) is 2.14. The van der Waals surface area contributed by atoms with E-state index in [2.05, 4.69) is 0 Å². The van der Waals surface area contributed by atoms with E-state index in [0.29, 0.717) is 6.61 Å². The van der Waals surface area contributed by atoms with Gasteiger partial charge in [0.15, 0.2) is 0 Å². The summed E-state index contributed by atoms with van der Waals surface area (Å²) in [5, 5.41) is 8.33. The second-order valence-corrected chi connectivity index (χ2v) is 3.74. The Morgan fingerprint density at radius 1 is 1.31 bits per heavy atom. The van der Waals surface area contributed by atoms with Crippen molar-refractivity contribution >= 4 is 5.97 Å². The number of carboxylic acids is 1. The van der Waals surface area contributed by atoms with Gasteiger partial charge in [-0.3, -0.25) is 0 Å². The molecule has 0 aromatic rings. The summed E-state index contributed by atoms with van der Waals surface area (Å²) in [6, 6.07) is 0. The maximum absolute atomic E-state index is 10.1. The Bertz CT molecular complexity index is 150. The van der Waals surface area contributed by atoms with Gasteiger partial charge in [-0.2, -0.15) is 0 Å². The molecule has 1 aliphatic rings. The van der Waals surface area contributed by atoms with Crippen molar-refractivity contribution in [2.45, 2.75) is 38.5 Å². The molecule has 0 aromatic heterocycles. The maximum atomic E-state index is 10.1. The van der Waals surface area contributed by atoms with Gasteiger partial charge in [-0.25, -0.2) is 4.79 Å². The number of carboxylic acid groups (broad SMARTS) is 1. The summed E-state index contributed by atoms with van der Waals surface area (Å²) in [6.07, 6.45) is 7.68. The monoisotopic (exact) mass is 186 g/mol. The standard InChI is InChI=1S/C10H18O3/c11-10(12)8-13-7-6-9-4-2-1-3-5-9/h9H,1-8H2,(H,11,12). The molecule has 0 unspecified atom stereocenters. The largest absolute Gasteiger partial charge is 0.480 e. The number of aliphatic carboxylic acids is 1. The van der Waals surface area contributed by atoms with Crippen molar-refractivity contribution < 1.29 is 14.6 Å². The first-order valence-corrected chi connectivity index (χ1v) is 5.08. The predicted octanol–water partition coefficient (Wildman–Crippen LogP) is 2.06. The Kier molecular flexibility index (Phi) is 4.83. The summed E-state index contributed by atoms with van der Waals surface area (Å²) >= 11 is 0. The molecule has 1 rings (SSSR count). The molecule has 0 bridgehead atoms. The molecule has 1 aliphatic carbocycles. The van der Waals surface area contributed by atoms with Gasteiger partial charge in [-0.05, 0) is 12.3 Å². The number of carbonyl (C=O) groups is 1. The molecule has 0 heterocycles. The Morgan fingerprint density at radius 3 is 2.62 bits per heavy atom. The number of hydrogen-bond acceptors (Lipinski definition) is 2. The normalized spacial score (nSPS) is 18.8. The summed E-state index contributed by atoms with van der Waals surface area (Å²) in [4.78, 5) is 10.1. The van der Waals surface area contributed by atoms with Crippen LogP contribution in [0.5, 0.6) is 0 Å². The van der Waals surface area contributed by atoms with E-state index in [4.69, 9.17) is 9.84 Å². The first kappa shape index (κ1) is 10.5. The summed E-state index contributed by atoms with van der Waals surface area (Å²) in [6.45, 7) is 0.462. The van der Waals surface area contributed by atoms with Crippen LogP contribution in [0.25, 0.3) is 0 Å². The van der Waals surface area contributed by atoms with Crippen molar-refractivity contribution in [2.75, 3.05) is 13.2 Å². The molecule has 0 aromatic carbocycles. The Balaban J connectivity index is 1.95. The van der Waals surface area contributed by atoms with E-state index in [9.17, 15) is 4.79 Å². The molecule has 13 heavy (non-hydrogen) atoms. The first-order chi connectivity index (χ1) is 6.29. The van der Waals surface area contributed by atoms with Crippen LogP contribution in [-0.2, 0) is 9.53 Å². The van der Waals surface area contributed by atoms with Gasteiger partial charge in [0.05, 0.1) is 0 Å². The highest BCUT2D eigenvalue weighted by molar-refractivity contribution is 5.67. The molecule has 0 radical (unpaired) electrons. The SMILES string of the molecule is O=C(O)COCCC1CCCCC1. The van der Waals surface area contributed by atoms with Crippen molar-refractivity contribution in [1.29, 1.82) is 0 Å². The molecule has 76 valence electrons. The zero-order chi connectivity index (χ0) is 9.52. The lowest BCUT2D eigenvalue weighted by Crippen LogP contribution is -2.12. The highest BCUT2D eigenvalue weighted by Gasteiger charge is 2.12. The third-order valence-corrected chi connectivity index (χ3v) is 2.62. The molecule has 1 fully saturated rings. The van der Waals surface area contributed by atoms with Gasteiger partial charge in [0, 0.05) is 6.61 Å². The summed E-state index contributed by atoms with van der Waals surface area (Å²) < 4.78 is 5.00. The molecular formula is C10H18O3. The van der Waals surface area contributed by atoms with Crippen LogP contribution in [0.15, 0.2) is 0 Å². The molecule has 0 saturated heterocycles. The van der Waals surface area contributed by atoms with Gasteiger partial charge < -0.3 is 9.84 Å². The van der Waals surface area contributed by atoms with Crippen molar-refractivity contribution in [2.24, 2.45) is 5.92 Å². The molecule has 0 spiro atoms. The number of rotatable bonds is 5. The predicted molar refractivity (Wildman–Crippen MR) is 49.6 cm³/mol. The fourth-order valence-electron chi connectivity index (χ4n) is 1.89. The van der Waals surface area contributed by atoms with Crippen LogP contribution in [0.1, 0.15) is 38.5 Å². The molecular weight excluding hydrogens is 168 g/mol. The second-order valence-electron chi connectivity index (χ2n) is 3.74. The van der Waals surface area contributed by atoms with Crippen molar-refractivity contribution in [1.82, 2.24) is 0 Å². The van der Waals surface area contributed by atoms with Crippen LogP contribution in [0.4, 0.5) is 0 Å². The van der Waals surface area contributed by atoms with Gasteiger partial charge in [-0.1, -0.05) is 32.1 Å². The van der Waals surface area contributed by atoms with Gasteiger partial charge in [-0.15, -0.1) is 0 Å². The topological polar surface area (TPSA) is 46.5 Å². The Labute approximate surface area is 79.1 Å². The highest BCUT2D eigenvalue weighted by Crippen LogP contribution is 2.25. The van der Waals surface area contributed by atoms with E-state index in [1.54, 1.807) is 0 Å². The van der Waals surface area contributed by atoms with Crippen molar-refractivity contribution in [3.8, 4) is 0 Å². The molecule has 1 N–H and O–H groups in total. The molecule has 0 aliphatic heterocycles. The van der Waals surface area contributed by atoms with Crippen LogP contribution in [0.3, 0.4) is 0 Å². The van der Waals surface area contributed by atoms with Gasteiger partial charge >= 0.3 is 5.97 Å². The summed E-state index contributed by atoms with van der Waals surface area (Å²) in [5.41, 5.74) is 0. The third-order valence-electron chi connectivity index (χ3n) is 2.62. The molecule has 0 atom stereocenters. The molecule has 3 heteroatoms. The smallest absolute Gasteiger partial charge is 0.329 e. The van der Waals surface area contributed by atoms with Crippen molar-refractivity contribution in [3.05, 3.63) is 0 Å². The zero-order valence-corrected chi connectivity index (χ0v) is 8.00. The van der Waals surface area contributed by atoms with Crippen LogP contribution < -0.4 is 0 Å². The summed E-state index contributed by atoms with van der Waals surface area (Å²) in [5.74, 6) is -0.0915. The zero-order valence-electron chi connectivity index (χ0n) is 8.00. The third kappa shape index (κ3) is 4.88. The lowest BCUT2D eigenvalue weighted by Gasteiger charge is -2.20. The minimum Gasteiger partial charge on any atom is -0.480 e. The molecule has 3 nitrogen and oxygen atoms in total. The Hall–Kier alpha value is -0.570. The second kappa shape index (κ2) is 5.97. The minimum absolute atomic E-state index is 0.146. The summed E-state index contributed by atoms with van der Waals surface area (Å²) in [7, 11) is 0. The van der Waals surface area contributed by atoms with E-state index in [0.717, 1.165) is 12.3 Å². The van der Waals surface area contributed by atoms with E-state index in [-0.39, 0.29) is 6.61 Å². The fraction of sp³-hybridized carbons (Fsp3) is 0.900. The highest BCUT2D eigenvalue weighted by atomic mass is 16.5. The van der Waals surface area contributed by atoms with E-state index < -0.39 is 5.97 Å². The van der Waals surface area contributed by atoms with E-state index in [1.165, 1.54) is 32.1 Å². The molecule has 1 saturated carbocycles. The van der Waals surface area contributed by atoms with Gasteiger partial charge in [0.2, 0.25) is 0 Å². The fourth-order valence-corrected chi connectivity index (χ4v) is 1.89. The first-order valence-electron chi connectivity index (χ1n) is 5.08. The van der Waals surface area contributed by atoms with Crippen LogP contribution in [0, 0.1) is 5.92 Å². The van der Waals surface area contributed by atoms with Crippen molar-refractivity contribution in [3.63, 3.8) is 0 Å². The Morgan fingerprint density at radius 2 is 2.00 bits per heavy atom. The minimum atomic E-state index is -0.872. The van der Waals surface area contributed by atoms with Crippen LogP contribution in [-0.4, -0.2) is 24.3 Å². The maximum Gasteiger partial charge on any atom is 0.329 e. The van der Waals surface area contributed by atoms with Gasteiger partial charge in [0.1, 0.15) is 6.61 Å². The lowest BCUT2D eigenvalue weighted by molar-refractivity contribution is -0.142. The van der Waals surface area contributed by atoms with E-state index in [1.807, 2.05) is 0 Å². The van der Waals surface area contributed by atoms with Crippen LogP contribution in [0.2, 0.25) is 0 Å². The van der Waals surface area contributed by atoms with E-state index >= 15 is 0 Å². The average molecular weight is 186 g/mol.